The SMILES string of the molecule is O=c1cc(N(CCO)C2CCCC2)nc[nH]1. The van der Waals surface area contributed by atoms with Crippen LogP contribution in [-0.4, -0.2) is 34.3 Å². The first-order valence-corrected chi connectivity index (χ1v) is 5.73. The number of hydrogen-bond acceptors (Lipinski definition) is 4. The molecule has 0 saturated heterocycles. The van der Waals surface area contributed by atoms with Gasteiger partial charge in [0.2, 0.25) is 0 Å². The smallest absolute Gasteiger partial charge is 0.252 e. The largest absolute Gasteiger partial charge is 0.395 e. The Labute approximate surface area is 94.1 Å². The molecule has 16 heavy (non-hydrogen) atoms. The van der Waals surface area contributed by atoms with Crippen LogP contribution < -0.4 is 10.5 Å². The van der Waals surface area contributed by atoms with E-state index in [2.05, 4.69) is 9.97 Å². The van der Waals surface area contributed by atoms with Crippen LogP contribution in [0.15, 0.2) is 17.2 Å². The number of anilines is 1. The second kappa shape index (κ2) is 5.12. The van der Waals surface area contributed by atoms with Crippen LogP contribution in [0.2, 0.25) is 0 Å². The molecule has 0 radical (unpaired) electrons. The summed E-state index contributed by atoms with van der Waals surface area (Å²) < 4.78 is 0. The summed E-state index contributed by atoms with van der Waals surface area (Å²) in [7, 11) is 0. The molecule has 5 nitrogen and oxygen atoms in total. The van der Waals surface area contributed by atoms with E-state index in [1.807, 2.05) is 4.90 Å². The Morgan fingerprint density at radius 1 is 1.50 bits per heavy atom. The number of rotatable bonds is 4. The molecule has 2 N–H and O–H groups in total. The predicted molar refractivity (Wildman–Crippen MR) is 61.5 cm³/mol. The van der Waals surface area contributed by atoms with Crippen molar-refractivity contribution in [1.82, 2.24) is 9.97 Å². The Hall–Kier alpha value is -1.36. The van der Waals surface area contributed by atoms with E-state index in [1.54, 1.807) is 0 Å². The number of nitrogens with one attached hydrogen (secondary N) is 1. The first kappa shape index (κ1) is 11.1. The normalized spacial score (nSPS) is 16.6. The summed E-state index contributed by atoms with van der Waals surface area (Å²) in [4.78, 5) is 19.9. The molecular formula is C11H17N3O2. The van der Waals surface area contributed by atoms with Gasteiger partial charge in [-0.05, 0) is 12.8 Å². The third-order valence-electron chi connectivity index (χ3n) is 3.06. The number of aliphatic hydroxyl groups is 1. The van der Waals surface area contributed by atoms with Gasteiger partial charge >= 0.3 is 0 Å². The fourth-order valence-corrected chi connectivity index (χ4v) is 2.32. The fraction of sp³-hybridized carbons (Fsp3) is 0.636. The van der Waals surface area contributed by atoms with E-state index in [0.717, 1.165) is 12.8 Å². The number of aromatic nitrogens is 2. The van der Waals surface area contributed by atoms with Gasteiger partial charge in [0.25, 0.3) is 5.56 Å². The van der Waals surface area contributed by atoms with Gasteiger partial charge in [-0.3, -0.25) is 4.79 Å². The zero-order valence-corrected chi connectivity index (χ0v) is 9.22. The first-order chi connectivity index (χ1) is 7.81. The van der Waals surface area contributed by atoms with E-state index in [1.165, 1.54) is 25.2 Å². The quantitative estimate of drug-likeness (QED) is 0.780. The second-order valence-electron chi connectivity index (χ2n) is 4.12. The molecule has 0 atom stereocenters. The second-order valence-corrected chi connectivity index (χ2v) is 4.12. The zero-order chi connectivity index (χ0) is 11.4. The first-order valence-electron chi connectivity index (χ1n) is 5.73. The molecule has 0 bridgehead atoms. The van der Waals surface area contributed by atoms with Crippen LogP contribution in [-0.2, 0) is 0 Å². The zero-order valence-electron chi connectivity index (χ0n) is 9.22. The summed E-state index contributed by atoms with van der Waals surface area (Å²) in [6.45, 7) is 0.631. The molecule has 0 unspecified atom stereocenters. The molecule has 0 aromatic carbocycles. The van der Waals surface area contributed by atoms with Crippen molar-refractivity contribution in [3.05, 3.63) is 22.7 Å². The van der Waals surface area contributed by atoms with Gasteiger partial charge in [-0.1, -0.05) is 12.8 Å². The van der Waals surface area contributed by atoms with Crippen molar-refractivity contribution in [3.8, 4) is 0 Å². The van der Waals surface area contributed by atoms with Crippen molar-refractivity contribution in [1.29, 1.82) is 0 Å². The molecule has 1 saturated carbocycles. The molecule has 88 valence electrons. The Morgan fingerprint density at radius 2 is 2.25 bits per heavy atom. The van der Waals surface area contributed by atoms with Crippen molar-refractivity contribution >= 4 is 5.82 Å². The highest BCUT2D eigenvalue weighted by Crippen LogP contribution is 2.25. The number of aliphatic hydroxyl groups excluding tert-OH is 1. The van der Waals surface area contributed by atoms with E-state index in [4.69, 9.17) is 5.11 Å². The summed E-state index contributed by atoms with van der Waals surface area (Å²) in [5.41, 5.74) is -0.147. The molecular weight excluding hydrogens is 206 g/mol. The van der Waals surface area contributed by atoms with Crippen molar-refractivity contribution < 1.29 is 5.11 Å². The topological polar surface area (TPSA) is 69.2 Å². The van der Waals surface area contributed by atoms with Gasteiger partial charge in [-0.2, -0.15) is 0 Å². The average Bonchev–Trinajstić information content (AvgIpc) is 2.79. The molecule has 1 aromatic heterocycles. The van der Waals surface area contributed by atoms with Gasteiger partial charge in [0, 0.05) is 18.7 Å². The molecule has 0 aliphatic heterocycles. The minimum Gasteiger partial charge on any atom is -0.395 e. The summed E-state index contributed by atoms with van der Waals surface area (Å²) in [5, 5.41) is 9.07. The molecule has 0 amide bonds. The van der Waals surface area contributed by atoms with Crippen molar-refractivity contribution in [3.63, 3.8) is 0 Å². The Morgan fingerprint density at radius 3 is 2.88 bits per heavy atom. The minimum absolute atomic E-state index is 0.0883. The minimum atomic E-state index is -0.147. The summed E-state index contributed by atoms with van der Waals surface area (Å²) >= 11 is 0. The van der Waals surface area contributed by atoms with Crippen LogP contribution in [0.3, 0.4) is 0 Å². The van der Waals surface area contributed by atoms with Gasteiger partial charge < -0.3 is 15.0 Å². The lowest BCUT2D eigenvalue weighted by molar-refractivity contribution is 0.297. The average molecular weight is 223 g/mol. The third kappa shape index (κ3) is 2.41. The highest BCUT2D eigenvalue weighted by Gasteiger charge is 2.23. The molecule has 1 aromatic rings. The summed E-state index contributed by atoms with van der Waals surface area (Å²) in [6, 6.07) is 1.91. The molecule has 1 fully saturated rings. The lowest BCUT2D eigenvalue weighted by atomic mass is 10.2. The van der Waals surface area contributed by atoms with Crippen LogP contribution in [0.5, 0.6) is 0 Å². The van der Waals surface area contributed by atoms with Gasteiger partial charge in [-0.15, -0.1) is 0 Å². The third-order valence-corrected chi connectivity index (χ3v) is 3.06. The number of hydrogen-bond donors (Lipinski definition) is 2. The van der Waals surface area contributed by atoms with Crippen LogP contribution in [0, 0.1) is 0 Å². The van der Waals surface area contributed by atoms with Crippen LogP contribution in [0.25, 0.3) is 0 Å². The maximum atomic E-state index is 11.2. The highest BCUT2D eigenvalue weighted by molar-refractivity contribution is 5.38. The highest BCUT2D eigenvalue weighted by atomic mass is 16.3. The van der Waals surface area contributed by atoms with Gasteiger partial charge in [0.15, 0.2) is 0 Å². The molecule has 1 aliphatic rings. The lowest BCUT2D eigenvalue weighted by Gasteiger charge is -2.28. The maximum absolute atomic E-state index is 11.2. The number of aromatic amines is 1. The van der Waals surface area contributed by atoms with Gasteiger partial charge in [0.05, 0.1) is 12.9 Å². The van der Waals surface area contributed by atoms with E-state index in [-0.39, 0.29) is 12.2 Å². The standard InChI is InChI=1S/C11H17N3O2/c15-6-5-14(9-3-1-2-4-9)10-7-11(16)13-8-12-10/h7-9,15H,1-6H2,(H,12,13,16). The van der Waals surface area contributed by atoms with Crippen LogP contribution in [0.4, 0.5) is 5.82 Å². The van der Waals surface area contributed by atoms with Crippen LogP contribution in [0.1, 0.15) is 25.7 Å². The molecule has 0 spiro atoms. The predicted octanol–water partition coefficient (Wildman–Crippen LogP) is 0.511. The van der Waals surface area contributed by atoms with E-state index in [0.29, 0.717) is 18.4 Å². The monoisotopic (exact) mass is 223 g/mol. The molecule has 2 rings (SSSR count). The maximum Gasteiger partial charge on any atom is 0.252 e. The molecule has 1 aliphatic carbocycles. The van der Waals surface area contributed by atoms with Crippen LogP contribution >= 0.6 is 0 Å². The summed E-state index contributed by atoms with van der Waals surface area (Å²) in [5.74, 6) is 0.671. The number of H-pyrrole nitrogens is 1. The van der Waals surface area contributed by atoms with E-state index >= 15 is 0 Å². The molecule has 5 heteroatoms. The van der Waals surface area contributed by atoms with Gasteiger partial charge in [0.1, 0.15) is 5.82 Å². The van der Waals surface area contributed by atoms with E-state index in [9.17, 15) is 4.79 Å². The Bertz CT molecular complexity index is 385. The number of nitrogens with zero attached hydrogens (tertiary/aromatic N) is 2. The van der Waals surface area contributed by atoms with Gasteiger partial charge in [-0.25, -0.2) is 4.98 Å². The summed E-state index contributed by atoms with van der Waals surface area (Å²) in [6.07, 6.45) is 6.09. The van der Waals surface area contributed by atoms with Crippen molar-refractivity contribution in [2.75, 3.05) is 18.1 Å². The van der Waals surface area contributed by atoms with Crippen molar-refractivity contribution in [2.24, 2.45) is 0 Å². The molecule has 1 heterocycles. The Balaban J connectivity index is 2.20. The fourth-order valence-electron chi connectivity index (χ4n) is 2.32. The Kier molecular flexibility index (Phi) is 3.56. The van der Waals surface area contributed by atoms with Crippen molar-refractivity contribution in [2.45, 2.75) is 31.7 Å². The van der Waals surface area contributed by atoms with E-state index < -0.39 is 0 Å². The lowest BCUT2D eigenvalue weighted by Crippen LogP contribution is -2.37.